The van der Waals surface area contributed by atoms with Gasteiger partial charge in [-0.1, -0.05) is 0 Å². The van der Waals surface area contributed by atoms with Crippen LogP contribution in [0.15, 0.2) is 110 Å². The predicted octanol–water partition coefficient (Wildman–Crippen LogP) is 4.68. The molecule has 4 aromatic carbocycles. The molecule has 344 valence electrons. The second-order valence-electron chi connectivity index (χ2n) is 13.2. The monoisotopic (exact) mass is 987 g/mol. The second kappa shape index (κ2) is 18.8. The number of carbonyl (C=O) groups is 2. The van der Waals surface area contributed by atoms with Crippen molar-refractivity contribution in [2.45, 2.75) is 33.4 Å². The van der Waals surface area contributed by atoms with Gasteiger partial charge in [0.25, 0.3) is 31.4 Å². The van der Waals surface area contributed by atoms with Crippen molar-refractivity contribution in [2.75, 3.05) is 27.0 Å². The van der Waals surface area contributed by atoms with Crippen molar-refractivity contribution >= 4 is 117 Å². The number of nitrogens with zero attached hydrogens (tertiary/aromatic N) is 6. The summed E-state index contributed by atoms with van der Waals surface area (Å²) in [5, 5.41) is 34.7. The summed E-state index contributed by atoms with van der Waals surface area (Å²) in [6, 6.07) is 7.65. The first kappa shape index (κ1) is 47.8. The number of nitrogen functional groups attached to an aromatic ring is 1. The van der Waals surface area contributed by atoms with Crippen molar-refractivity contribution in [3.63, 3.8) is 0 Å². The lowest BCUT2D eigenvalue weighted by Gasteiger charge is -2.14. The van der Waals surface area contributed by atoms with Gasteiger partial charge in [-0.15, -0.1) is 20.5 Å². The van der Waals surface area contributed by atoms with E-state index in [1.807, 2.05) is 0 Å². The number of anilines is 5. The predicted molar refractivity (Wildman–Crippen MR) is 233 cm³/mol. The fourth-order valence-corrected chi connectivity index (χ4v) is 8.04. The minimum absolute atomic E-state index is 0.119. The van der Waals surface area contributed by atoms with Crippen molar-refractivity contribution in [3.05, 3.63) is 92.8 Å². The van der Waals surface area contributed by atoms with Crippen LogP contribution in [0.1, 0.15) is 11.4 Å². The van der Waals surface area contributed by atoms with Gasteiger partial charge < -0.3 is 40.5 Å². The molecule has 0 saturated carbocycles. The molecule has 6 rings (SSSR count). The number of aromatic hydroxyl groups is 1. The van der Waals surface area contributed by atoms with E-state index in [0.717, 1.165) is 54.6 Å². The smallest absolute Gasteiger partial charge is 0.326 e. The third-order valence-corrected chi connectivity index (χ3v) is 11.6. The molecular formula is C34H29N13O15S4. The number of nitrogens with two attached hydrogens (primary N) is 1. The first-order chi connectivity index (χ1) is 30.9. The minimum atomic E-state index is -5.37. The van der Waals surface area contributed by atoms with Crippen molar-refractivity contribution in [1.82, 2.24) is 19.9 Å². The normalized spacial score (nSPS) is 12.9. The Labute approximate surface area is 373 Å². The number of phenols is 1. The number of aromatic amines is 2. The second-order valence-corrected chi connectivity index (χ2v) is 17.8. The Morgan fingerprint density at radius 1 is 0.652 bits per heavy atom. The first-order valence-electron chi connectivity index (χ1n) is 17.6. The van der Waals surface area contributed by atoms with E-state index in [2.05, 4.69) is 61.7 Å². The van der Waals surface area contributed by atoms with Crippen molar-refractivity contribution in [2.24, 2.45) is 20.5 Å². The molecule has 0 aliphatic rings. The van der Waals surface area contributed by atoms with Crippen LogP contribution in [0.25, 0.3) is 10.8 Å². The van der Waals surface area contributed by atoms with Gasteiger partial charge in [-0.3, -0.25) is 29.3 Å². The number of azo groups is 2. The summed E-state index contributed by atoms with van der Waals surface area (Å²) in [7, 11) is -10.5. The van der Waals surface area contributed by atoms with E-state index in [-0.39, 0.29) is 23.3 Å². The number of fused-ring (bicyclic) bond motifs is 1. The lowest BCUT2D eigenvalue weighted by molar-refractivity contribution is 0.261. The molecule has 0 saturated heterocycles. The highest BCUT2D eigenvalue weighted by molar-refractivity contribution is 7.86. The van der Waals surface area contributed by atoms with Gasteiger partial charge in [0, 0.05) is 34.9 Å². The highest BCUT2D eigenvalue weighted by Crippen LogP contribution is 2.48. The van der Waals surface area contributed by atoms with Crippen LogP contribution >= 0.6 is 0 Å². The van der Waals surface area contributed by atoms with Crippen LogP contribution in [0.3, 0.4) is 0 Å². The van der Waals surface area contributed by atoms with Gasteiger partial charge >= 0.3 is 12.1 Å². The number of aryl methyl sites for hydroxylation is 2. The van der Waals surface area contributed by atoms with Crippen LogP contribution in [0.2, 0.25) is 0 Å². The molecule has 0 aliphatic heterocycles. The molecule has 2 unspecified atom stereocenters. The number of carbonyl (C=O) groups excluding carboxylic acids is 2. The summed E-state index contributed by atoms with van der Waals surface area (Å²) in [5.41, 5.74) is 1.58. The SMILES string of the molecule is Cc1cc(=O)nc(NC(=O)Nc2ccc(S(=O)O)c(/N=N/c3c(S(=O)(=O)O)cc4cc(S(=O)O)c(/N=N/c5cc(NC(=O)Nc6nc(=O)cc(C)[nH]6)ccc5S(=O)(=O)O)c(N)c4c3O)c2)[nH]1. The molecule has 13 N–H and O–H groups in total. The van der Waals surface area contributed by atoms with E-state index >= 15 is 0 Å². The molecule has 28 nitrogen and oxygen atoms in total. The summed E-state index contributed by atoms with van der Waals surface area (Å²) in [4.78, 5) is 58.0. The molecule has 66 heavy (non-hydrogen) atoms. The van der Waals surface area contributed by atoms with E-state index in [1.54, 1.807) is 0 Å². The minimum Gasteiger partial charge on any atom is -0.505 e. The number of H-pyrrole nitrogens is 2. The van der Waals surface area contributed by atoms with Crippen LogP contribution in [-0.4, -0.2) is 80.6 Å². The average Bonchev–Trinajstić information content (AvgIpc) is 3.18. The molecule has 0 spiro atoms. The summed E-state index contributed by atoms with van der Waals surface area (Å²) >= 11 is -5.87. The maximum absolute atomic E-state index is 12.7. The fourth-order valence-electron chi connectivity index (χ4n) is 5.78. The van der Waals surface area contributed by atoms with Crippen LogP contribution < -0.4 is 38.1 Å². The topological polar surface area (TPSA) is 453 Å². The maximum atomic E-state index is 12.7. The average molecular weight is 988 g/mol. The molecule has 0 fully saturated rings. The van der Waals surface area contributed by atoms with Crippen LogP contribution in [0, 0.1) is 13.8 Å². The zero-order chi connectivity index (χ0) is 48.4. The molecule has 0 bridgehead atoms. The fraction of sp³-hybridized carbons (Fsp3) is 0.0588. The number of aromatic nitrogens is 4. The zero-order valence-electron chi connectivity index (χ0n) is 33.0. The van der Waals surface area contributed by atoms with E-state index in [4.69, 9.17) is 5.73 Å². The summed E-state index contributed by atoms with van der Waals surface area (Å²) in [6.45, 7) is 3.05. The van der Waals surface area contributed by atoms with Gasteiger partial charge in [0.2, 0.25) is 11.9 Å². The number of hydrogen-bond acceptors (Lipinski definition) is 18. The Bertz CT molecular complexity index is 3490. The van der Waals surface area contributed by atoms with Crippen molar-refractivity contribution in [1.29, 1.82) is 0 Å². The number of nitrogens with one attached hydrogen (secondary N) is 6. The first-order valence-corrected chi connectivity index (χ1v) is 22.7. The van der Waals surface area contributed by atoms with Gasteiger partial charge in [-0.25, -0.2) is 18.0 Å². The molecule has 2 aromatic heterocycles. The van der Waals surface area contributed by atoms with E-state index in [0.29, 0.717) is 17.5 Å². The number of phenolic OH excluding ortho intramolecular Hbond substituents is 1. The Morgan fingerprint density at radius 2 is 1.14 bits per heavy atom. The summed E-state index contributed by atoms with van der Waals surface area (Å²) in [5.74, 6) is -1.68. The van der Waals surface area contributed by atoms with Gasteiger partial charge in [0.15, 0.2) is 27.9 Å². The zero-order valence-corrected chi connectivity index (χ0v) is 36.3. The maximum Gasteiger partial charge on any atom is 0.326 e. The van der Waals surface area contributed by atoms with Crippen molar-refractivity contribution < 1.29 is 58.2 Å². The Kier molecular flexibility index (Phi) is 13.6. The number of rotatable bonds is 12. The van der Waals surface area contributed by atoms with Gasteiger partial charge in [-0.05, 0) is 67.8 Å². The number of benzene rings is 4. The highest BCUT2D eigenvalue weighted by atomic mass is 32.2. The molecule has 0 aliphatic carbocycles. The molecule has 0 radical (unpaired) electrons. The lowest BCUT2D eigenvalue weighted by atomic mass is 10.1. The highest BCUT2D eigenvalue weighted by Gasteiger charge is 2.27. The molecule has 2 heterocycles. The number of hydrogen-bond donors (Lipinski definition) is 12. The largest absolute Gasteiger partial charge is 0.505 e. The molecular weight excluding hydrogens is 959 g/mol. The van der Waals surface area contributed by atoms with Crippen molar-refractivity contribution in [3.8, 4) is 5.75 Å². The Balaban J connectivity index is 1.42. The quantitative estimate of drug-likeness (QED) is 0.0342. The van der Waals surface area contributed by atoms with Crippen LogP contribution in [0.4, 0.5) is 61.3 Å². The van der Waals surface area contributed by atoms with Gasteiger partial charge in [-0.2, -0.15) is 26.8 Å². The third-order valence-electron chi connectivity index (χ3n) is 8.41. The third kappa shape index (κ3) is 11.1. The Hall–Kier alpha value is -7.72. The molecule has 6 aromatic rings. The Morgan fingerprint density at radius 3 is 1.64 bits per heavy atom. The number of urea groups is 2. The number of amides is 4. The molecule has 32 heteroatoms. The summed E-state index contributed by atoms with van der Waals surface area (Å²) in [6.07, 6.45) is 0. The van der Waals surface area contributed by atoms with E-state index in [9.17, 15) is 67.7 Å². The van der Waals surface area contributed by atoms with Crippen LogP contribution in [0.5, 0.6) is 5.75 Å². The molecule has 2 atom stereocenters. The van der Waals surface area contributed by atoms with E-state index in [1.165, 1.54) is 13.8 Å². The van der Waals surface area contributed by atoms with E-state index < -0.39 is 130 Å². The molecule has 4 amide bonds. The van der Waals surface area contributed by atoms with Gasteiger partial charge in [0.1, 0.15) is 32.5 Å². The van der Waals surface area contributed by atoms with Gasteiger partial charge in [0.05, 0.1) is 20.9 Å². The standard InChI is InChI=1S/C34H29N13O15S4/c1-13-7-24(48)40-31(36-13)42-33(51)38-16-3-5-20(63(53)54)18(11-16)44-47-29-23(66(60,61)62)10-15-9-21(64(55)56)28(27(35)26(15)30(29)50)46-45-19-12-17(4-6-22(19)65(57,58)59)39-34(52)43-32-37-14(2)8-25(49)41-32/h3-12,50H,35H2,1-2H3,(H,53,54)(H,55,56)(H,57,58,59)(H,60,61,62)(H3,36,38,40,42,48,51)(H3,37,39,41,43,49,52)/b46-45+,47-44+. The van der Waals surface area contributed by atoms with Crippen LogP contribution in [-0.2, 0) is 42.4 Å². The summed E-state index contributed by atoms with van der Waals surface area (Å²) < 4.78 is 115. The lowest BCUT2D eigenvalue weighted by Crippen LogP contribution is -2.23.